The molecule has 1 aromatic carbocycles. The Morgan fingerprint density at radius 2 is 1.96 bits per heavy atom. The molecule has 1 N–H and O–H groups in total. The Morgan fingerprint density at radius 3 is 2.68 bits per heavy atom. The molecule has 0 aliphatic carbocycles. The van der Waals surface area contributed by atoms with Crippen molar-refractivity contribution < 1.29 is 9.90 Å². The first-order chi connectivity index (χ1) is 13.3. The number of thioether (sulfide) groups is 1. The highest BCUT2D eigenvalue weighted by atomic mass is 32.2. The van der Waals surface area contributed by atoms with E-state index < -0.39 is 5.97 Å². The molecule has 0 saturated carbocycles. The normalized spacial score (nSPS) is 14.7. The molecular weight excluding hydrogens is 368 g/mol. The summed E-state index contributed by atoms with van der Waals surface area (Å²) in [6.45, 7) is 6.73. The molecule has 2 heterocycles. The number of aromatic nitrogens is 2. The summed E-state index contributed by atoms with van der Waals surface area (Å²) in [6.07, 6.45) is 6.99. The van der Waals surface area contributed by atoms with Crippen LogP contribution in [0.4, 0.5) is 0 Å². The summed E-state index contributed by atoms with van der Waals surface area (Å²) in [6, 6.07) is 4.52. The van der Waals surface area contributed by atoms with Crippen LogP contribution in [-0.2, 0) is 16.6 Å². The van der Waals surface area contributed by atoms with Gasteiger partial charge in [0.2, 0.25) is 0 Å². The van der Waals surface area contributed by atoms with E-state index >= 15 is 0 Å². The van der Waals surface area contributed by atoms with E-state index in [9.17, 15) is 4.79 Å². The Morgan fingerprint density at radius 1 is 1.21 bits per heavy atom. The van der Waals surface area contributed by atoms with Gasteiger partial charge in [-0.1, -0.05) is 25.7 Å². The van der Waals surface area contributed by atoms with Gasteiger partial charge in [-0.25, -0.2) is 9.97 Å². The van der Waals surface area contributed by atoms with Gasteiger partial charge in [0.05, 0.1) is 5.56 Å². The number of unbranched alkanes of at least 4 members (excludes halogenated alkanes) is 1. The molecule has 0 amide bonds. The number of carbonyl (C=O) groups is 1. The Balaban J connectivity index is 1.71. The second kappa shape index (κ2) is 8.79. The molecule has 2 aromatic rings. The molecule has 0 atom stereocenters. The molecule has 0 radical (unpaired) electrons. The molecule has 0 fully saturated rings. The highest BCUT2D eigenvalue weighted by molar-refractivity contribution is 7.99. The minimum Gasteiger partial charge on any atom is -0.481 e. The van der Waals surface area contributed by atoms with Gasteiger partial charge in [0, 0.05) is 35.7 Å². The average Bonchev–Trinajstić information content (AvgIpc) is 2.64. The fourth-order valence-electron chi connectivity index (χ4n) is 3.26. The van der Waals surface area contributed by atoms with Crippen molar-refractivity contribution >= 4 is 17.7 Å². The lowest BCUT2D eigenvalue weighted by molar-refractivity contribution is -0.137. The highest BCUT2D eigenvalue weighted by Crippen LogP contribution is 2.42. The Kier molecular flexibility index (Phi) is 6.41. The maximum atomic E-state index is 10.5. The summed E-state index contributed by atoms with van der Waals surface area (Å²) in [5.41, 5.74) is 4.64. The fourth-order valence-corrected chi connectivity index (χ4v) is 4.85. The average molecular weight is 395 g/mol. The van der Waals surface area contributed by atoms with E-state index in [0.717, 1.165) is 23.4 Å². The van der Waals surface area contributed by atoms with E-state index in [1.54, 1.807) is 12.4 Å². The number of aryl methyl sites for hydroxylation is 2. The lowest BCUT2D eigenvalue weighted by Crippen LogP contribution is -2.23. The summed E-state index contributed by atoms with van der Waals surface area (Å²) in [5, 5.41) is 8.67. The van der Waals surface area contributed by atoms with Crippen molar-refractivity contribution in [3.63, 3.8) is 0 Å². The quantitative estimate of drug-likeness (QED) is 0.585. The van der Waals surface area contributed by atoms with Crippen molar-refractivity contribution in [2.24, 2.45) is 0 Å². The van der Waals surface area contributed by atoms with Crippen LogP contribution in [0.15, 0.2) is 29.4 Å². The van der Waals surface area contributed by atoms with Crippen molar-refractivity contribution in [3.8, 4) is 11.8 Å². The van der Waals surface area contributed by atoms with Gasteiger partial charge in [0.15, 0.2) is 0 Å². The van der Waals surface area contributed by atoms with Crippen molar-refractivity contribution in [2.45, 2.75) is 63.2 Å². The maximum absolute atomic E-state index is 10.5. The molecule has 4 nitrogen and oxygen atoms in total. The maximum Gasteiger partial charge on any atom is 0.303 e. The van der Waals surface area contributed by atoms with Gasteiger partial charge < -0.3 is 5.11 Å². The summed E-state index contributed by atoms with van der Waals surface area (Å²) in [4.78, 5) is 20.6. The van der Waals surface area contributed by atoms with Crippen LogP contribution in [0.5, 0.6) is 0 Å². The molecule has 1 aliphatic rings. The van der Waals surface area contributed by atoms with Crippen LogP contribution >= 0.6 is 11.8 Å². The largest absolute Gasteiger partial charge is 0.481 e. The summed E-state index contributed by atoms with van der Waals surface area (Å²) >= 11 is 1.94. The highest BCUT2D eigenvalue weighted by Gasteiger charge is 2.28. The van der Waals surface area contributed by atoms with Gasteiger partial charge in [-0.2, -0.15) is 0 Å². The molecule has 28 heavy (non-hydrogen) atoms. The van der Waals surface area contributed by atoms with E-state index in [4.69, 9.17) is 5.11 Å². The molecule has 1 aliphatic heterocycles. The van der Waals surface area contributed by atoms with E-state index in [0.29, 0.717) is 12.8 Å². The number of benzene rings is 1. The van der Waals surface area contributed by atoms with Gasteiger partial charge in [0.1, 0.15) is 5.82 Å². The van der Waals surface area contributed by atoms with Crippen LogP contribution in [0.2, 0.25) is 0 Å². The van der Waals surface area contributed by atoms with Crippen molar-refractivity contribution in [1.29, 1.82) is 0 Å². The lowest BCUT2D eigenvalue weighted by atomic mass is 9.80. The number of carboxylic acid groups (broad SMARTS) is 1. The number of hydrogen-bond donors (Lipinski definition) is 1. The Hall–Kier alpha value is -2.32. The van der Waals surface area contributed by atoms with Gasteiger partial charge in [-0.3, -0.25) is 4.79 Å². The van der Waals surface area contributed by atoms with Gasteiger partial charge >= 0.3 is 5.97 Å². The van der Waals surface area contributed by atoms with Crippen LogP contribution < -0.4 is 0 Å². The number of fused-ring (bicyclic) bond motifs is 1. The molecule has 146 valence electrons. The van der Waals surface area contributed by atoms with Crippen LogP contribution in [-0.4, -0.2) is 26.8 Å². The van der Waals surface area contributed by atoms with E-state index in [-0.39, 0.29) is 11.8 Å². The standard InChI is InChI=1S/C23H26N2O2S/c1-16-12-20-19(23(2,3)10-11-28-20)13-18(16)9-8-17-14-24-21(25-15-17)6-4-5-7-22(26)27/h12-15H,4-7,10-11H2,1-3H3,(H,26,27). The van der Waals surface area contributed by atoms with Gasteiger partial charge in [0.25, 0.3) is 0 Å². The zero-order valence-electron chi connectivity index (χ0n) is 16.7. The third kappa shape index (κ3) is 5.14. The number of carboxylic acids is 1. The van der Waals surface area contributed by atoms with Crippen LogP contribution in [0.25, 0.3) is 0 Å². The van der Waals surface area contributed by atoms with Crippen molar-refractivity contribution in [3.05, 3.63) is 52.6 Å². The molecule has 0 spiro atoms. The zero-order valence-corrected chi connectivity index (χ0v) is 17.5. The topological polar surface area (TPSA) is 63.1 Å². The van der Waals surface area contributed by atoms with E-state index in [1.807, 2.05) is 11.8 Å². The van der Waals surface area contributed by atoms with E-state index in [2.05, 4.69) is 54.7 Å². The third-order valence-electron chi connectivity index (χ3n) is 5.13. The smallest absolute Gasteiger partial charge is 0.303 e. The SMILES string of the molecule is Cc1cc2c(cc1C#Cc1cnc(CCCCC(=O)O)nc1)C(C)(C)CCS2. The predicted octanol–water partition coefficient (Wildman–Crippen LogP) is 4.76. The molecular formula is C23H26N2O2S. The molecule has 0 saturated heterocycles. The van der Waals surface area contributed by atoms with Crippen molar-refractivity contribution in [2.75, 3.05) is 5.75 Å². The fraction of sp³-hybridized carbons (Fsp3) is 0.435. The monoisotopic (exact) mass is 394 g/mol. The molecule has 1 aromatic heterocycles. The first kappa shape index (κ1) is 20.4. The molecule has 3 rings (SSSR count). The minimum atomic E-state index is -0.758. The summed E-state index contributed by atoms with van der Waals surface area (Å²) in [7, 11) is 0. The molecule has 5 heteroatoms. The lowest BCUT2D eigenvalue weighted by Gasteiger charge is -2.32. The van der Waals surface area contributed by atoms with Crippen LogP contribution in [0.1, 0.15) is 67.6 Å². The van der Waals surface area contributed by atoms with E-state index in [1.165, 1.54) is 28.2 Å². The summed E-state index contributed by atoms with van der Waals surface area (Å²) in [5.74, 6) is 7.63. The summed E-state index contributed by atoms with van der Waals surface area (Å²) < 4.78 is 0. The molecule has 0 bridgehead atoms. The third-order valence-corrected chi connectivity index (χ3v) is 6.19. The second-order valence-electron chi connectivity index (χ2n) is 7.88. The number of hydrogen-bond acceptors (Lipinski definition) is 4. The Labute approximate surface area is 171 Å². The van der Waals surface area contributed by atoms with Crippen LogP contribution in [0.3, 0.4) is 0 Å². The first-order valence-corrected chi connectivity index (χ1v) is 10.7. The number of rotatable bonds is 5. The number of aliphatic carboxylic acids is 1. The first-order valence-electron chi connectivity index (χ1n) is 9.68. The van der Waals surface area contributed by atoms with Gasteiger partial charge in [-0.15, -0.1) is 11.8 Å². The number of nitrogens with zero attached hydrogens (tertiary/aromatic N) is 2. The minimum absolute atomic E-state index is 0.191. The predicted molar refractivity (Wildman–Crippen MR) is 113 cm³/mol. The Bertz CT molecular complexity index is 924. The zero-order chi connectivity index (χ0) is 20.1. The molecule has 0 unspecified atom stereocenters. The van der Waals surface area contributed by atoms with Crippen LogP contribution in [0, 0.1) is 18.8 Å². The van der Waals surface area contributed by atoms with Gasteiger partial charge in [-0.05, 0) is 60.6 Å². The van der Waals surface area contributed by atoms with Crippen molar-refractivity contribution in [1.82, 2.24) is 9.97 Å². The second-order valence-corrected chi connectivity index (χ2v) is 9.02.